The van der Waals surface area contributed by atoms with Crippen molar-refractivity contribution < 1.29 is 18.6 Å². The minimum absolute atomic E-state index is 0.141. The van der Waals surface area contributed by atoms with Crippen molar-refractivity contribution in [3.8, 4) is 0 Å². The molecule has 2 atom stereocenters. The van der Waals surface area contributed by atoms with Gasteiger partial charge in [-0.05, 0) is 24.7 Å². The van der Waals surface area contributed by atoms with Gasteiger partial charge < -0.3 is 10.2 Å². The zero-order valence-corrected chi connectivity index (χ0v) is 14.2. The molecule has 5 nitrogen and oxygen atoms in total. The van der Waals surface area contributed by atoms with Crippen LogP contribution < -0.4 is 5.14 Å². The van der Waals surface area contributed by atoms with Gasteiger partial charge in [-0.2, -0.15) is 0 Å². The number of hydrogen-bond donors (Lipinski definition) is 3. The molecule has 0 fully saturated rings. The van der Waals surface area contributed by atoms with Crippen LogP contribution in [-0.4, -0.2) is 30.2 Å². The Bertz CT molecular complexity index is 390. The van der Waals surface area contributed by atoms with E-state index in [1.807, 2.05) is 13.8 Å². The van der Waals surface area contributed by atoms with Crippen LogP contribution in [0.15, 0.2) is 0 Å². The quantitative estimate of drug-likeness (QED) is 0.606. The summed E-state index contributed by atoms with van der Waals surface area (Å²) in [5.41, 5.74) is -2.53. The first-order valence-electron chi connectivity index (χ1n) is 7.22. The van der Waals surface area contributed by atoms with Crippen LogP contribution in [0.4, 0.5) is 0 Å². The van der Waals surface area contributed by atoms with Crippen LogP contribution in [0.5, 0.6) is 0 Å². The number of sulfonamides is 1. The van der Waals surface area contributed by atoms with Gasteiger partial charge in [-0.1, -0.05) is 47.5 Å². The highest BCUT2D eigenvalue weighted by Crippen LogP contribution is 2.33. The fourth-order valence-corrected chi connectivity index (χ4v) is 3.53. The Kier molecular flexibility index (Phi) is 7.14. The van der Waals surface area contributed by atoms with Gasteiger partial charge in [0.1, 0.15) is 0 Å². The van der Waals surface area contributed by atoms with Crippen LogP contribution in [0.3, 0.4) is 0 Å². The van der Waals surface area contributed by atoms with Crippen molar-refractivity contribution in [3.63, 3.8) is 0 Å². The van der Waals surface area contributed by atoms with Crippen molar-refractivity contribution in [1.29, 1.82) is 0 Å². The fraction of sp³-hybridized carbons (Fsp3) is 1.00. The second-order valence-electron chi connectivity index (χ2n) is 7.08. The number of hydrogen-bond acceptors (Lipinski definition) is 4. The van der Waals surface area contributed by atoms with E-state index >= 15 is 0 Å². The van der Waals surface area contributed by atoms with Gasteiger partial charge in [-0.25, -0.2) is 13.6 Å². The first kappa shape index (κ1) is 19.8. The van der Waals surface area contributed by atoms with Gasteiger partial charge in [0.2, 0.25) is 10.0 Å². The topological polar surface area (TPSA) is 101 Å². The molecule has 0 amide bonds. The van der Waals surface area contributed by atoms with Gasteiger partial charge in [0.15, 0.2) is 5.44 Å². The molecule has 20 heavy (non-hydrogen) atoms. The number of rotatable bonds is 9. The third-order valence-corrected chi connectivity index (χ3v) is 5.34. The van der Waals surface area contributed by atoms with Gasteiger partial charge >= 0.3 is 0 Å². The van der Waals surface area contributed by atoms with Crippen molar-refractivity contribution in [2.45, 2.75) is 78.3 Å². The lowest BCUT2D eigenvalue weighted by Gasteiger charge is -2.32. The normalized spacial score (nSPS) is 17.0. The first-order valence-corrected chi connectivity index (χ1v) is 8.83. The Labute approximate surface area is 123 Å². The summed E-state index contributed by atoms with van der Waals surface area (Å²) in [5.74, 6) is 0. The fourth-order valence-electron chi connectivity index (χ4n) is 2.52. The maximum absolute atomic E-state index is 11.2. The summed E-state index contributed by atoms with van der Waals surface area (Å²) >= 11 is 0. The lowest BCUT2D eigenvalue weighted by atomic mass is 9.78. The van der Waals surface area contributed by atoms with Crippen molar-refractivity contribution in [2.75, 3.05) is 0 Å². The van der Waals surface area contributed by atoms with Crippen LogP contribution in [-0.2, 0) is 10.0 Å². The molecule has 0 saturated heterocycles. The third kappa shape index (κ3) is 6.08. The molecular formula is C14H31NO4S. The maximum Gasteiger partial charge on any atom is 0.236 e. The highest BCUT2D eigenvalue weighted by Gasteiger charge is 2.36. The first-order chi connectivity index (χ1) is 8.84. The van der Waals surface area contributed by atoms with E-state index in [2.05, 4.69) is 6.92 Å². The summed E-state index contributed by atoms with van der Waals surface area (Å²) in [7, 11) is -3.96. The van der Waals surface area contributed by atoms with Crippen molar-refractivity contribution in [1.82, 2.24) is 0 Å². The van der Waals surface area contributed by atoms with E-state index < -0.39 is 27.0 Å². The second-order valence-corrected chi connectivity index (χ2v) is 8.70. The number of primary sulfonamides is 1. The van der Waals surface area contributed by atoms with Crippen molar-refractivity contribution >= 4 is 10.0 Å². The molecule has 0 bridgehead atoms. The lowest BCUT2D eigenvalue weighted by molar-refractivity contribution is 0.0289. The molecule has 0 aliphatic heterocycles. The maximum atomic E-state index is 11.2. The van der Waals surface area contributed by atoms with Crippen molar-refractivity contribution in [3.05, 3.63) is 0 Å². The molecule has 0 saturated carbocycles. The zero-order valence-electron chi connectivity index (χ0n) is 13.4. The Balaban J connectivity index is 4.43. The Hall–Kier alpha value is -0.170. The number of aliphatic hydroxyl groups is 2. The molecule has 0 rings (SSSR count). The molecule has 0 heterocycles. The molecule has 0 aliphatic carbocycles. The molecule has 0 radical (unpaired) electrons. The Morgan fingerprint density at radius 2 is 1.55 bits per heavy atom. The van der Waals surface area contributed by atoms with Gasteiger partial charge in [0.25, 0.3) is 0 Å². The van der Waals surface area contributed by atoms with Gasteiger partial charge in [0.05, 0.1) is 6.10 Å². The number of aliphatic hydroxyl groups excluding tert-OH is 2. The summed E-state index contributed by atoms with van der Waals surface area (Å²) in [6.45, 7) is 9.49. The number of nitrogens with two attached hydrogens (primary N) is 1. The van der Waals surface area contributed by atoms with E-state index in [4.69, 9.17) is 5.14 Å². The summed E-state index contributed by atoms with van der Waals surface area (Å²) in [6.07, 6.45) is 3.26. The smallest absolute Gasteiger partial charge is 0.236 e. The molecule has 122 valence electrons. The van der Waals surface area contributed by atoms with E-state index in [9.17, 15) is 18.6 Å². The van der Waals surface area contributed by atoms with Crippen LogP contribution in [0.1, 0.15) is 66.7 Å². The highest BCUT2D eigenvalue weighted by molar-refractivity contribution is 7.89. The average molecular weight is 309 g/mol. The second kappa shape index (κ2) is 7.20. The third-order valence-electron chi connectivity index (χ3n) is 4.07. The van der Waals surface area contributed by atoms with E-state index in [1.54, 1.807) is 13.8 Å². The Morgan fingerprint density at radius 3 is 1.95 bits per heavy atom. The van der Waals surface area contributed by atoms with Gasteiger partial charge in [-0.15, -0.1) is 0 Å². The molecule has 0 aromatic heterocycles. The highest BCUT2D eigenvalue weighted by atomic mass is 32.2. The van der Waals surface area contributed by atoms with Crippen molar-refractivity contribution in [2.24, 2.45) is 16.0 Å². The summed E-state index contributed by atoms with van der Waals surface area (Å²) in [4.78, 5) is 0. The largest absolute Gasteiger partial charge is 0.393 e. The van der Waals surface area contributed by atoms with Gasteiger partial charge in [0, 0.05) is 5.41 Å². The summed E-state index contributed by atoms with van der Waals surface area (Å²) in [6, 6.07) is 0. The van der Waals surface area contributed by atoms with Gasteiger partial charge in [-0.3, -0.25) is 0 Å². The summed E-state index contributed by atoms with van der Waals surface area (Å²) in [5, 5.41) is 24.9. The minimum atomic E-state index is -3.96. The average Bonchev–Trinajstić information content (AvgIpc) is 2.26. The van der Waals surface area contributed by atoms with E-state index in [-0.39, 0.29) is 5.41 Å². The molecule has 4 N–H and O–H groups in total. The molecule has 0 aromatic carbocycles. The molecule has 2 unspecified atom stereocenters. The molecular weight excluding hydrogens is 278 g/mol. The lowest BCUT2D eigenvalue weighted by Crippen LogP contribution is -2.40. The molecule has 0 aromatic rings. The van der Waals surface area contributed by atoms with Crippen LogP contribution in [0.2, 0.25) is 0 Å². The molecule has 6 heteroatoms. The SMILES string of the molecule is CCCC(C)(C)C(O)CCCC(C)(C)C(O)S(N)(=O)=O. The Morgan fingerprint density at radius 1 is 1.05 bits per heavy atom. The monoisotopic (exact) mass is 309 g/mol. The molecule has 0 aliphatic rings. The van der Waals surface area contributed by atoms with E-state index in [0.29, 0.717) is 19.3 Å². The molecule has 0 spiro atoms. The summed E-state index contributed by atoms with van der Waals surface area (Å²) < 4.78 is 22.4. The zero-order chi connectivity index (χ0) is 16.2. The standard InChI is InChI=1S/C14H31NO4S/c1-6-9-13(2,3)11(16)8-7-10-14(4,5)12(17)20(15,18)19/h11-12,16-17H,6-10H2,1-5H3,(H2,15,18,19). The van der Waals surface area contributed by atoms with Crippen LogP contribution in [0, 0.1) is 10.8 Å². The van der Waals surface area contributed by atoms with Crippen LogP contribution in [0.25, 0.3) is 0 Å². The van der Waals surface area contributed by atoms with Crippen LogP contribution >= 0.6 is 0 Å². The predicted octanol–water partition coefficient (Wildman–Crippen LogP) is 1.98. The van der Waals surface area contributed by atoms with E-state index in [0.717, 1.165) is 12.8 Å². The minimum Gasteiger partial charge on any atom is -0.393 e. The van der Waals surface area contributed by atoms with E-state index in [1.165, 1.54) is 0 Å². The predicted molar refractivity (Wildman–Crippen MR) is 81.4 cm³/mol.